The largest absolute Gasteiger partial charge is 0.344 e. The van der Waals surface area contributed by atoms with E-state index in [2.05, 4.69) is 33.1 Å². The lowest BCUT2D eigenvalue weighted by Crippen LogP contribution is -2.90. The average molecular weight is 388 g/mol. The molecule has 2 aliphatic heterocycles. The van der Waals surface area contributed by atoms with Gasteiger partial charge in [0.15, 0.2) is 10.8 Å². The Balaban J connectivity index is 1.98. The molecule has 122 valence electrons. The Morgan fingerprint density at radius 2 is 1.96 bits per heavy atom. The third-order valence-corrected chi connectivity index (χ3v) is 6.37. The molecule has 24 heavy (non-hydrogen) atoms. The number of fused-ring (bicyclic) bond motifs is 2. The summed E-state index contributed by atoms with van der Waals surface area (Å²) in [6, 6.07) is 12.2. The van der Waals surface area contributed by atoms with Crippen LogP contribution in [0.3, 0.4) is 0 Å². The van der Waals surface area contributed by atoms with Gasteiger partial charge in [-0.2, -0.15) is 10.5 Å². The quantitative estimate of drug-likeness (QED) is 0.719. The molecular weight excluding hydrogens is 372 g/mol. The third-order valence-electron chi connectivity index (χ3n) is 5.84. The van der Waals surface area contributed by atoms with Gasteiger partial charge in [0.25, 0.3) is 5.84 Å². The fourth-order valence-corrected chi connectivity index (χ4v) is 4.98. The second-order valence-electron chi connectivity index (χ2n) is 6.75. The van der Waals surface area contributed by atoms with Crippen LogP contribution < -0.4 is 10.7 Å². The zero-order chi connectivity index (χ0) is 17.4. The Morgan fingerprint density at radius 1 is 1.29 bits per heavy atom. The molecular formula is C17H16BrN4O2+. The van der Waals surface area contributed by atoms with Crippen LogP contribution in [0, 0.1) is 33.5 Å². The standard InChI is InChI=1S/C17H15BrN4O2/c1-10-7-23-17(24-10)16(9-20)14(2,11-3-5-12(18)6-4-11)15(16,8-19)13(21)22-17/h3-6,10H,7H2,1-2H3,(H2,21,22)/p+1/t10-,14+,15+,16-,17-/m1/s1. The van der Waals surface area contributed by atoms with E-state index in [-0.39, 0.29) is 11.9 Å². The summed E-state index contributed by atoms with van der Waals surface area (Å²) in [6.45, 7) is 4.08. The number of rotatable bonds is 1. The molecule has 1 spiro atoms. The molecule has 0 amide bonds. The number of halogens is 1. The van der Waals surface area contributed by atoms with Gasteiger partial charge in [-0.1, -0.05) is 35.0 Å². The Labute approximate surface area is 148 Å². The predicted molar refractivity (Wildman–Crippen MR) is 87.0 cm³/mol. The summed E-state index contributed by atoms with van der Waals surface area (Å²) < 4.78 is 12.8. The van der Waals surface area contributed by atoms with E-state index >= 15 is 0 Å². The van der Waals surface area contributed by atoms with Crippen LogP contribution in [-0.2, 0) is 14.9 Å². The molecule has 0 bridgehead atoms. The minimum atomic E-state index is -1.40. The molecule has 7 heteroatoms. The van der Waals surface area contributed by atoms with Gasteiger partial charge in [-0.05, 0) is 24.6 Å². The summed E-state index contributed by atoms with van der Waals surface area (Å²) >= 11 is 3.41. The van der Waals surface area contributed by atoms with E-state index in [1.54, 1.807) is 0 Å². The van der Waals surface area contributed by atoms with E-state index < -0.39 is 22.2 Å². The average Bonchev–Trinajstić information content (AvgIpc) is 2.75. The first kappa shape index (κ1) is 15.6. The van der Waals surface area contributed by atoms with Crippen LogP contribution in [-0.4, -0.2) is 24.5 Å². The minimum Gasteiger partial charge on any atom is -0.311 e. The predicted octanol–water partition coefficient (Wildman–Crippen LogP) is 0.281. The van der Waals surface area contributed by atoms with Crippen molar-refractivity contribution < 1.29 is 14.5 Å². The van der Waals surface area contributed by atoms with Gasteiger partial charge >= 0.3 is 5.91 Å². The van der Waals surface area contributed by atoms with Gasteiger partial charge in [-0.25, -0.2) is 4.99 Å². The summed E-state index contributed by atoms with van der Waals surface area (Å²) in [5.74, 6) is -1.17. The third kappa shape index (κ3) is 1.26. The maximum Gasteiger partial charge on any atom is 0.344 e. The normalized spacial score (nSPS) is 45.4. The van der Waals surface area contributed by atoms with Crippen LogP contribution in [0.1, 0.15) is 19.4 Å². The highest BCUT2D eigenvalue weighted by molar-refractivity contribution is 9.10. The van der Waals surface area contributed by atoms with Gasteiger partial charge < -0.3 is 9.47 Å². The molecule has 4 rings (SSSR count). The van der Waals surface area contributed by atoms with Crippen LogP contribution >= 0.6 is 15.9 Å². The van der Waals surface area contributed by atoms with Crippen LogP contribution in [0.5, 0.6) is 0 Å². The Kier molecular flexibility index (Phi) is 2.84. The van der Waals surface area contributed by atoms with Gasteiger partial charge in [0.1, 0.15) is 0 Å². The Bertz CT molecular complexity index is 857. The van der Waals surface area contributed by atoms with E-state index in [4.69, 9.17) is 15.2 Å². The number of hydrogen-bond donors (Lipinski definition) is 2. The molecule has 1 saturated carbocycles. The van der Waals surface area contributed by atoms with Crippen molar-refractivity contribution in [2.75, 3.05) is 6.61 Å². The number of nitrogens with one attached hydrogen (secondary N) is 1. The van der Waals surface area contributed by atoms with Crippen LogP contribution in [0.15, 0.2) is 28.7 Å². The molecule has 0 unspecified atom stereocenters. The van der Waals surface area contributed by atoms with Gasteiger partial charge in [0.05, 0.1) is 30.3 Å². The SMILES string of the molecule is C[C@@H]1CO[C@@]2([NH+]=C(N)[C@@]3(C#N)[C@](C)(c4ccc(Br)cc4)[C@@]23C#N)O1. The summed E-state index contributed by atoms with van der Waals surface area (Å²) in [5, 5.41) is 20.2. The summed E-state index contributed by atoms with van der Waals surface area (Å²) in [7, 11) is 0. The van der Waals surface area contributed by atoms with Crippen molar-refractivity contribution in [2.45, 2.75) is 31.3 Å². The van der Waals surface area contributed by atoms with E-state index in [0.717, 1.165) is 10.0 Å². The van der Waals surface area contributed by atoms with Gasteiger partial charge in [0, 0.05) is 4.47 Å². The molecule has 5 atom stereocenters. The second kappa shape index (κ2) is 4.37. The number of nitrogens with two attached hydrogens (primary N) is 1. The van der Waals surface area contributed by atoms with Gasteiger partial charge in [-0.3, -0.25) is 5.73 Å². The van der Waals surface area contributed by atoms with Gasteiger partial charge in [0.2, 0.25) is 0 Å². The molecule has 1 saturated heterocycles. The van der Waals surface area contributed by atoms with Crippen LogP contribution in [0.25, 0.3) is 0 Å². The molecule has 6 nitrogen and oxygen atoms in total. The molecule has 1 aromatic carbocycles. The number of ether oxygens (including phenoxy) is 2. The zero-order valence-corrected chi connectivity index (χ0v) is 14.8. The first-order chi connectivity index (χ1) is 11.3. The zero-order valence-electron chi connectivity index (χ0n) is 13.3. The van der Waals surface area contributed by atoms with E-state index in [0.29, 0.717) is 6.61 Å². The molecule has 1 aromatic rings. The minimum absolute atomic E-state index is 0.195. The fourth-order valence-electron chi connectivity index (χ4n) is 4.72. The van der Waals surface area contributed by atoms with Crippen molar-refractivity contribution in [3.63, 3.8) is 0 Å². The molecule has 2 heterocycles. The number of amidine groups is 1. The molecule has 1 aliphatic carbocycles. The van der Waals surface area contributed by atoms with Crippen LogP contribution in [0.2, 0.25) is 0 Å². The highest BCUT2D eigenvalue weighted by atomic mass is 79.9. The van der Waals surface area contributed by atoms with E-state index in [1.165, 1.54) is 0 Å². The monoisotopic (exact) mass is 387 g/mol. The first-order valence-corrected chi connectivity index (χ1v) is 8.46. The van der Waals surface area contributed by atoms with E-state index in [9.17, 15) is 10.5 Å². The Hall–Kier alpha value is -1.93. The number of benzene rings is 1. The lowest BCUT2D eigenvalue weighted by atomic mass is 9.85. The van der Waals surface area contributed by atoms with Crippen molar-refractivity contribution in [1.82, 2.24) is 0 Å². The van der Waals surface area contributed by atoms with Crippen molar-refractivity contribution in [3.8, 4) is 12.1 Å². The van der Waals surface area contributed by atoms with Crippen molar-refractivity contribution in [1.29, 1.82) is 10.5 Å². The maximum absolute atomic E-state index is 10.2. The number of nitriles is 2. The molecule has 0 aromatic heterocycles. The van der Waals surface area contributed by atoms with E-state index in [1.807, 2.05) is 38.1 Å². The van der Waals surface area contributed by atoms with Crippen molar-refractivity contribution >= 4 is 21.8 Å². The summed E-state index contributed by atoms with van der Waals surface area (Å²) in [6.07, 6.45) is -0.195. The van der Waals surface area contributed by atoms with Gasteiger partial charge in [-0.15, -0.1) is 0 Å². The molecule has 0 radical (unpaired) electrons. The maximum atomic E-state index is 10.2. The molecule has 3 aliphatic rings. The van der Waals surface area contributed by atoms with Crippen molar-refractivity contribution in [2.24, 2.45) is 16.6 Å². The summed E-state index contributed by atoms with van der Waals surface area (Å²) in [5.41, 5.74) is 3.76. The van der Waals surface area contributed by atoms with Crippen LogP contribution in [0.4, 0.5) is 0 Å². The lowest BCUT2D eigenvalue weighted by molar-refractivity contribution is -0.679. The lowest BCUT2D eigenvalue weighted by Gasteiger charge is -2.27. The number of hydrogen-bond acceptors (Lipinski definition) is 5. The second-order valence-corrected chi connectivity index (χ2v) is 7.67. The fraction of sp³-hybridized carbons (Fsp3) is 0.471. The smallest absolute Gasteiger partial charge is 0.311 e. The number of nitrogens with zero attached hydrogens (tertiary/aromatic N) is 2. The topological polar surface area (TPSA) is 106 Å². The summed E-state index contributed by atoms with van der Waals surface area (Å²) in [4.78, 5) is 2.97. The molecule has 3 N–H and O–H groups in total. The highest BCUT2D eigenvalue weighted by Crippen LogP contribution is 2.82. The first-order valence-electron chi connectivity index (χ1n) is 7.66. The highest BCUT2D eigenvalue weighted by Gasteiger charge is 3.03. The molecule has 2 fully saturated rings. The van der Waals surface area contributed by atoms with Crippen molar-refractivity contribution in [3.05, 3.63) is 34.3 Å². The Morgan fingerprint density at radius 3 is 2.46 bits per heavy atom.